The molecule has 2 heterocycles. The first-order valence-corrected chi connectivity index (χ1v) is 8.65. The van der Waals surface area contributed by atoms with Crippen molar-refractivity contribution in [3.8, 4) is 6.07 Å². The van der Waals surface area contributed by atoms with Gasteiger partial charge in [-0.2, -0.15) is 10.4 Å². The van der Waals surface area contributed by atoms with Crippen molar-refractivity contribution in [2.45, 2.75) is 50.4 Å². The summed E-state index contributed by atoms with van der Waals surface area (Å²) in [5, 5.41) is 13.2. The molecule has 4 fully saturated rings. The summed E-state index contributed by atoms with van der Waals surface area (Å²) in [7, 11) is 0. The van der Waals surface area contributed by atoms with Crippen molar-refractivity contribution in [1.29, 1.82) is 5.26 Å². The molecule has 0 saturated heterocycles. The Bertz CT molecular complexity index is 828. The van der Waals surface area contributed by atoms with E-state index in [4.69, 9.17) is 0 Å². The van der Waals surface area contributed by atoms with Gasteiger partial charge in [-0.25, -0.2) is 18.3 Å². The van der Waals surface area contributed by atoms with Crippen molar-refractivity contribution in [2.24, 2.45) is 17.8 Å². The molecule has 2 aromatic rings. The summed E-state index contributed by atoms with van der Waals surface area (Å²) in [6, 6.07) is 3.58. The van der Waals surface area contributed by atoms with E-state index in [0.717, 1.165) is 29.5 Å². The molecule has 6 heteroatoms. The van der Waals surface area contributed by atoms with E-state index in [1.54, 1.807) is 6.07 Å². The summed E-state index contributed by atoms with van der Waals surface area (Å²) < 4.78 is 28.3. The van der Waals surface area contributed by atoms with E-state index in [1.165, 1.54) is 25.5 Å². The Morgan fingerprint density at radius 3 is 2.33 bits per heavy atom. The predicted molar refractivity (Wildman–Crippen MR) is 82.5 cm³/mol. The topological polar surface area (TPSA) is 54.0 Å². The molecule has 4 saturated carbocycles. The third kappa shape index (κ3) is 1.87. The SMILES string of the molecule is N#Cc1cnn2c(C(F)F)cc(C34CC5CC(CC(C5)C3)C4)nc12. The molecule has 0 N–H and O–H groups in total. The van der Waals surface area contributed by atoms with E-state index >= 15 is 0 Å². The summed E-state index contributed by atoms with van der Waals surface area (Å²) in [5.41, 5.74) is 1.09. The number of alkyl halides is 2. The van der Waals surface area contributed by atoms with Crippen LogP contribution in [0.3, 0.4) is 0 Å². The van der Waals surface area contributed by atoms with Crippen LogP contribution in [0.1, 0.15) is 61.9 Å². The minimum Gasteiger partial charge on any atom is -0.232 e. The highest BCUT2D eigenvalue weighted by Gasteiger charge is 2.52. The fraction of sp³-hybridized carbons (Fsp3) is 0.611. The van der Waals surface area contributed by atoms with Gasteiger partial charge in [0.1, 0.15) is 17.3 Å². The molecular weight excluding hydrogens is 310 g/mol. The lowest BCUT2D eigenvalue weighted by Crippen LogP contribution is -2.49. The van der Waals surface area contributed by atoms with Gasteiger partial charge in [-0.15, -0.1) is 0 Å². The van der Waals surface area contributed by atoms with Crippen molar-refractivity contribution in [2.75, 3.05) is 0 Å². The maximum absolute atomic E-state index is 13.6. The third-order valence-electron chi connectivity index (χ3n) is 6.42. The molecule has 2 aromatic heterocycles. The first kappa shape index (κ1) is 14.3. The second-order valence-electron chi connectivity index (χ2n) is 7.97. The Morgan fingerprint density at radius 1 is 1.17 bits per heavy atom. The lowest BCUT2D eigenvalue weighted by atomic mass is 9.49. The number of nitriles is 1. The highest BCUT2D eigenvalue weighted by molar-refractivity contribution is 5.55. The van der Waals surface area contributed by atoms with Crippen LogP contribution in [-0.4, -0.2) is 14.6 Å². The Kier molecular flexibility index (Phi) is 2.83. The molecular formula is C18H18F2N4. The Balaban J connectivity index is 1.71. The van der Waals surface area contributed by atoms with Crippen molar-refractivity contribution < 1.29 is 8.78 Å². The van der Waals surface area contributed by atoms with Crippen LogP contribution in [0.25, 0.3) is 5.65 Å². The number of aromatic nitrogens is 3. The predicted octanol–water partition coefficient (Wildman–Crippen LogP) is 4.01. The molecule has 0 unspecified atom stereocenters. The third-order valence-corrected chi connectivity index (χ3v) is 6.42. The summed E-state index contributed by atoms with van der Waals surface area (Å²) >= 11 is 0. The number of fused-ring (bicyclic) bond motifs is 1. The maximum atomic E-state index is 13.6. The minimum atomic E-state index is -2.63. The summed E-state index contributed by atoms with van der Waals surface area (Å²) in [5.74, 6) is 2.14. The number of halogens is 2. The van der Waals surface area contributed by atoms with Gasteiger partial charge >= 0.3 is 0 Å². The van der Waals surface area contributed by atoms with Crippen LogP contribution in [0.5, 0.6) is 0 Å². The standard InChI is InChI=1S/C18H18F2N4/c19-16(20)14-4-15(23-17-13(8-21)9-22-24(14)17)18-5-10-1-11(6-18)3-12(2-10)7-18/h4,9-12,16H,1-3,5-7H2. The highest BCUT2D eigenvalue weighted by Crippen LogP contribution is 2.60. The van der Waals surface area contributed by atoms with Crippen LogP contribution in [0.2, 0.25) is 0 Å². The van der Waals surface area contributed by atoms with Gasteiger partial charge in [0, 0.05) is 5.41 Å². The zero-order valence-corrected chi connectivity index (χ0v) is 13.3. The van der Waals surface area contributed by atoms with Crippen LogP contribution >= 0.6 is 0 Å². The summed E-state index contributed by atoms with van der Waals surface area (Å²) in [4.78, 5) is 4.68. The lowest BCUT2D eigenvalue weighted by Gasteiger charge is -2.56. The first-order chi connectivity index (χ1) is 11.6. The number of hydrogen-bond acceptors (Lipinski definition) is 3. The monoisotopic (exact) mass is 328 g/mol. The molecule has 24 heavy (non-hydrogen) atoms. The van der Waals surface area contributed by atoms with Gasteiger partial charge in [-0.3, -0.25) is 0 Å². The normalized spacial score (nSPS) is 34.2. The smallest absolute Gasteiger partial charge is 0.232 e. The van der Waals surface area contributed by atoms with Gasteiger partial charge in [0.2, 0.25) is 0 Å². The molecule has 4 nitrogen and oxygen atoms in total. The van der Waals surface area contributed by atoms with Crippen LogP contribution in [-0.2, 0) is 5.41 Å². The van der Waals surface area contributed by atoms with Gasteiger partial charge < -0.3 is 0 Å². The Morgan fingerprint density at radius 2 is 1.79 bits per heavy atom. The average Bonchev–Trinajstić information content (AvgIpc) is 2.95. The Labute approximate surface area is 138 Å². The van der Waals surface area contributed by atoms with Crippen LogP contribution in [0.4, 0.5) is 8.78 Å². The van der Waals surface area contributed by atoms with Crippen molar-refractivity contribution in [3.63, 3.8) is 0 Å². The zero-order valence-electron chi connectivity index (χ0n) is 13.3. The van der Waals surface area contributed by atoms with E-state index in [0.29, 0.717) is 17.8 Å². The second-order valence-corrected chi connectivity index (χ2v) is 7.97. The summed E-state index contributed by atoms with van der Waals surface area (Å²) in [6.45, 7) is 0. The minimum absolute atomic E-state index is 0.0723. The van der Waals surface area contributed by atoms with Gasteiger partial charge in [-0.05, 0) is 62.3 Å². The largest absolute Gasteiger partial charge is 0.280 e. The second kappa shape index (κ2) is 4.75. The van der Waals surface area contributed by atoms with Crippen LogP contribution in [0.15, 0.2) is 12.3 Å². The van der Waals surface area contributed by atoms with Gasteiger partial charge in [-0.1, -0.05) is 0 Å². The molecule has 0 aliphatic heterocycles. The molecule has 4 aliphatic rings. The molecule has 0 aromatic carbocycles. The number of hydrogen-bond donors (Lipinski definition) is 0. The van der Waals surface area contributed by atoms with Gasteiger partial charge in [0.05, 0.1) is 11.9 Å². The van der Waals surface area contributed by atoms with Crippen LogP contribution < -0.4 is 0 Å². The molecule has 0 amide bonds. The van der Waals surface area contributed by atoms with E-state index in [9.17, 15) is 14.0 Å². The lowest BCUT2D eigenvalue weighted by molar-refractivity contribution is -0.00733. The fourth-order valence-electron chi connectivity index (χ4n) is 5.92. The Hall–Kier alpha value is -2.03. The molecule has 0 spiro atoms. The van der Waals surface area contributed by atoms with Crippen molar-refractivity contribution in [1.82, 2.24) is 14.6 Å². The highest BCUT2D eigenvalue weighted by atomic mass is 19.3. The zero-order chi connectivity index (χ0) is 16.5. The van der Waals surface area contributed by atoms with Gasteiger partial charge in [0.15, 0.2) is 5.65 Å². The molecule has 0 radical (unpaired) electrons. The van der Waals surface area contributed by atoms with Crippen molar-refractivity contribution in [3.05, 3.63) is 29.2 Å². The van der Waals surface area contributed by atoms with E-state index < -0.39 is 6.43 Å². The van der Waals surface area contributed by atoms with Crippen LogP contribution in [0, 0.1) is 29.1 Å². The first-order valence-electron chi connectivity index (χ1n) is 8.65. The molecule has 0 atom stereocenters. The number of nitrogens with zero attached hydrogens (tertiary/aromatic N) is 4. The molecule has 4 aliphatic carbocycles. The molecule has 124 valence electrons. The van der Waals surface area contributed by atoms with E-state index in [-0.39, 0.29) is 22.3 Å². The van der Waals surface area contributed by atoms with Crippen molar-refractivity contribution >= 4 is 5.65 Å². The summed E-state index contributed by atoms with van der Waals surface area (Å²) in [6.07, 6.45) is 5.74. The average molecular weight is 328 g/mol. The molecule has 4 bridgehead atoms. The number of rotatable bonds is 2. The maximum Gasteiger partial charge on any atom is 0.280 e. The van der Waals surface area contributed by atoms with Gasteiger partial charge in [0.25, 0.3) is 6.43 Å². The quantitative estimate of drug-likeness (QED) is 0.837. The van der Waals surface area contributed by atoms with E-state index in [1.807, 2.05) is 6.07 Å². The fourth-order valence-corrected chi connectivity index (χ4v) is 5.92. The van der Waals surface area contributed by atoms with E-state index in [2.05, 4.69) is 10.1 Å². The molecule has 6 rings (SSSR count).